The molecule has 0 radical (unpaired) electrons. The smallest absolute Gasteiger partial charge is 0.0698 e. The molecule has 4 N–H and O–H groups in total. The highest BCUT2D eigenvalue weighted by Gasteiger charge is 1.92. The van der Waals surface area contributed by atoms with Gasteiger partial charge in [-0.2, -0.15) is 0 Å². The number of aliphatic hydroxyl groups excluding tert-OH is 1. The van der Waals surface area contributed by atoms with Crippen molar-refractivity contribution in [3.8, 4) is 0 Å². The Morgan fingerprint density at radius 3 is 3.00 bits per heavy atom. The molecule has 0 spiro atoms. The Bertz CT molecular complexity index is 268. The second kappa shape index (κ2) is 6.17. The summed E-state index contributed by atoms with van der Waals surface area (Å²) in [5, 5.41) is 11.5. The van der Waals surface area contributed by atoms with Gasteiger partial charge in [-0.3, -0.25) is 4.98 Å². The average molecular weight is 197 g/mol. The van der Waals surface area contributed by atoms with Gasteiger partial charge in [-0.1, -0.05) is 0 Å². The molecule has 1 aromatic heterocycles. The van der Waals surface area contributed by atoms with Crippen LogP contribution in [-0.4, -0.2) is 36.5 Å². The van der Waals surface area contributed by atoms with Crippen molar-refractivity contribution in [2.45, 2.75) is 0 Å². The minimum Gasteiger partial charge on any atom is -0.397 e. The average Bonchev–Trinajstić information content (AvgIpc) is 2.18. The number of nitrogens with zero attached hydrogens (tertiary/aromatic N) is 1. The van der Waals surface area contributed by atoms with Crippen LogP contribution in [0, 0.1) is 0 Å². The molecule has 5 heteroatoms. The van der Waals surface area contributed by atoms with Crippen LogP contribution < -0.4 is 11.1 Å². The topological polar surface area (TPSA) is 80.4 Å². The van der Waals surface area contributed by atoms with Crippen molar-refractivity contribution >= 4 is 11.4 Å². The number of rotatable bonds is 6. The van der Waals surface area contributed by atoms with Gasteiger partial charge in [0, 0.05) is 12.7 Å². The molecule has 1 rings (SSSR count). The maximum atomic E-state index is 8.45. The van der Waals surface area contributed by atoms with Gasteiger partial charge >= 0.3 is 0 Å². The fourth-order valence-electron chi connectivity index (χ4n) is 0.989. The number of ether oxygens (including phenoxy) is 1. The summed E-state index contributed by atoms with van der Waals surface area (Å²) in [5.41, 5.74) is 7.05. The van der Waals surface area contributed by atoms with Crippen LogP contribution in [0.25, 0.3) is 0 Å². The molecule has 0 aromatic carbocycles. The lowest BCUT2D eigenvalue weighted by atomic mass is 10.4. The van der Waals surface area contributed by atoms with Crippen molar-refractivity contribution in [3.63, 3.8) is 0 Å². The van der Waals surface area contributed by atoms with Crippen LogP contribution in [0.4, 0.5) is 11.4 Å². The zero-order valence-electron chi connectivity index (χ0n) is 7.94. The lowest BCUT2D eigenvalue weighted by molar-refractivity contribution is 0.0992. The summed E-state index contributed by atoms with van der Waals surface area (Å²) in [6, 6.07) is 1.80. The molecule has 0 fully saturated rings. The molecule has 0 aliphatic rings. The molecule has 78 valence electrons. The van der Waals surface area contributed by atoms with E-state index in [-0.39, 0.29) is 6.61 Å². The minimum atomic E-state index is 0.0554. The van der Waals surface area contributed by atoms with Gasteiger partial charge in [0.1, 0.15) is 0 Å². The largest absolute Gasteiger partial charge is 0.397 e. The summed E-state index contributed by atoms with van der Waals surface area (Å²) >= 11 is 0. The molecule has 0 amide bonds. The highest BCUT2D eigenvalue weighted by molar-refractivity contribution is 5.51. The van der Waals surface area contributed by atoms with Gasteiger partial charge in [-0.15, -0.1) is 0 Å². The van der Waals surface area contributed by atoms with E-state index < -0.39 is 0 Å². The van der Waals surface area contributed by atoms with E-state index >= 15 is 0 Å². The number of nitrogens with two attached hydrogens (primary N) is 1. The van der Waals surface area contributed by atoms with Gasteiger partial charge in [-0.25, -0.2) is 0 Å². The first-order valence-corrected chi connectivity index (χ1v) is 4.46. The molecule has 0 unspecified atom stereocenters. The molecular formula is C9H15N3O2. The van der Waals surface area contributed by atoms with Crippen LogP contribution in [0.2, 0.25) is 0 Å². The maximum Gasteiger partial charge on any atom is 0.0698 e. The number of nitrogen functional groups attached to an aromatic ring is 1. The molecule has 0 aliphatic carbocycles. The summed E-state index contributed by atoms with van der Waals surface area (Å²) in [6.07, 6.45) is 3.29. The summed E-state index contributed by atoms with van der Waals surface area (Å²) in [6.45, 7) is 1.65. The van der Waals surface area contributed by atoms with E-state index in [4.69, 9.17) is 15.6 Å². The molecule has 1 heterocycles. The van der Waals surface area contributed by atoms with Gasteiger partial charge in [-0.05, 0) is 6.07 Å². The van der Waals surface area contributed by atoms with E-state index in [0.29, 0.717) is 25.4 Å². The fourth-order valence-corrected chi connectivity index (χ4v) is 0.989. The van der Waals surface area contributed by atoms with Crippen LogP contribution >= 0.6 is 0 Å². The Hall–Kier alpha value is -1.33. The molecule has 14 heavy (non-hydrogen) atoms. The standard InChI is InChI=1S/C9H15N3O2/c10-8-5-9(7-11-6-8)12-1-3-14-4-2-13/h5-7,12-13H,1-4,10H2. The van der Waals surface area contributed by atoms with E-state index in [1.165, 1.54) is 0 Å². The van der Waals surface area contributed by atoms with E-state index in [1.54, 1.807) is 18.5 Å². The zero-order chi connectivity index (χ0) is 10.2. The molecule has 0 bridgehead atoms. The summed E-state index contributed by atoms with van der Waals surface area (Å²) in [7, 11) is 0. The van der Waals surface area contributed by atoms with Crippen molar-refractivity contribution < 1.29 is 9.84 Å². The van der Waals surface area contributed by atoms with Crippen LogP contribution in [0.1, 0.15) is 0 Å². The van der Waals surface area contributed by atoms with E-state index in [9.17, 15) is 0 Å². The van der Waals surface area contributed by atoms with Crippen LogP contribution in [0.15, 0.2) is 18.5 Å². The Morgan fingerprint density at radius 2 is 2.29 bits per heavy atom. The van der Waals surface area contributed by atoms with Crippen molar-refractivity contribution in [3.05, 3.63) is 18.5 Å². The normalized spacial score (nSPS) is 10.1. The Labute approximate surface area is 82.9 Å². The number of hydrogen-bond donors (Lipinski definition) is 3. The highest BCUT2D eigenvalue weighted by atomic mass is 16.5. The fraction of sp³-hybridized carbons (Fsp3) is 0.444. The van der Waals surface area contributed by atoms with E-state index in [2.05, 4.69) is 10.3 Å². The minimum absolute atomic E-state index is 0.0554. The second-order valence-electron chi connectivity index (χ2n) is 2.77. The predicted octanol–water partition coefficient (Wildman–Crippen LogP) is 0.0846. The third-order valence-corrected chi connectivity index (χ3v) is 1.57. The summed E-state index contributed by atoms with van der Waals surface area (Å²) in [5.74, 6) is 0. The lowest BCUT2D eigenvalue weighted by Crippen LogP contribution is -2.11. The number of aliphatic hydroxyl groups is 1. The third-order valence-electron chi connectivity index (χ3n) is 1.57. The Balaban J connectivity index is 2.18. The van der Waals surface area contributed by atoms with E-state index in [1.807, 2.05) is 0 Å². The van der Waals surface area contributed by atoms with Crippen LogP contribution in [-0.2, 0) is 4.74 Å². The first-order valence-electron chi connectivity index (χ1n) is 4.46. The third kappa shape index (κ3) is 4.06. The van der Waals surface area contributed by atoms with Crippen LogP contribution in [0.3, 0.4) is 0 Å². The molecule has 5 nitrogen and oxygen atoms in total. The number of anilines is 2. The monoisotopic (exact) mass is 197 g/mol. The molecule has 0 saturated heterocycles. The molecule has 0 saturated carbocycles. The number of aromatic nitrogens is 1. The van der Waals surface area contributed by atoms with Crippen LogP contribution in [0.5, 0.6) is 0 Å². The number of hydrogen-bond acceptors (Lipinski definition) is 5. The summed E-state index contributed by atoms with van der Waals surface area (Å²) in [4.78, 5) is 3.93. The highest BCUT2D eigenvalue weighted by Crippen LogP contribution is 2.08. The van der Waals surface area contributed by atoms with Crippen molar-refractivity contribution in [2.75, 3.05) is 37.4 Å². The molecule has 1 aromatic rings. The number of nitrogens with one attached hydrogen (secondary N) is 1. The van der Waals surface area contributed by atoms with Crippen molar-refractivity contribution in [1.29, 1.82) is 0 Å². The van der Waals surface area contributed by atoms with Gasteiger partial charge in [0.15, 0.2) is 0 Å². The SMILES string of the molecule is Nc1cncc(NCCOCCO)c1. The predicted molar refractivity (Wildman–Crippen MR) is 55.0 cm³/mol. The first-order chi connectivity index (χ1) is 6.83. The first kappa shape index (κ1) is 10.7. The quantitative estimate of drug-likeness (QED) is 0.563. The van der Waals surface area contributed by atoms with E-state index in [0.717, 1.165) is 5.69 Å². The second-order valence-corrected chi connectivity index (χ2v) is 2.77. The van der Waals surface area contributed by atoms with Gasteiger partial charge in [0.25, 0.3) is 0 Å². The maximum absolute atomic E-state index is 8.45. The molecule has 0 atom stereocenters. The zero-order valence-corrected chi connectivity index (χ0v) is 7.94. The van der Waals surface area contributed by atoms with Crippen molar-refractivity contribution in [1.82, 2.24) is 4.98 Å². The van der Waals surface area contributed by atoms with Crippen molar-refractivity contribution in [2.24, 2.45) is 0 Å². The molecule has 0 aliphatic heterocycles. The number of pyridine rings is 1. The molecular weight excluding hydrogens is 182 g/mol. The lowest BCUT2D eigenvalue weighted by Gasteiger charge is -2.06. The van der Waals surface area contributed by atoms with Gasteiger partial charge < -0.3 is 20.9 Å². The van der Waals surface area contributed by atoms with Gasteiger partial charge in [0.2, 0.25) is 0 Å². The van der Waals surface area contributed by atoms with Gasteiger partial charge in [0.05, 0.1) is 37.4 Å². The Morgan fingerprint density at radius 1 is 1.43 bits per heavy atom. The summed E-state index contributed by atoms with van der Waals surface area (Å²) < 4.78 is 5.07. The Kier molecular flexibility index (Phi) is 4.74.